The minimum atomic E-state index is 0.240. The highest BCUT2D eigenvalue weighted by Crippen LogP contribution is 2.36. The van der Waals surface area contributed by atoms with Crippen LogP contribution in [0, 0.1) is 0 Å². The first-order chi connectivity index (χ1) is 14.3. The lowest BCUT2D eigenvalue weighted by atomic mass is 10.2. The molecule has 1 N–H and O–H groups in total. The van der Waals surface area contributed by atoms with Gasteiger partial charge >= 0.3 is 0 Å². The molecule has 0 unspecified atom stereocenters. The highest BCUT2D eigenvalue weighted by Gasteiger charge is 2.21. The van der Waals surface area contributed by atoms with E-state index in [1.165, 1.54) is 25.7 Å². The zero-order valence-electron chi connectivity index (χ0n) is 16.0. The summed E-state index contributed by atoms with van der Waals surface area (Å²) in [5, 5.41) is 4.34. The van der Waals surface area contributed by atoms with Crippen LogP contribution in [0.5, 0.6) is 11.5 Å². The number of hydrogen-bond donors (Lipinski definition) is 1. The molecule has 0 spiro atoms. The Morgan fingerprint density at radius 1 is 0.897 bits per heavy atom. The maximum atomic E-state index is 5.43. The van der Waals surface area contributed by atoms with Crippen molar-refractivity contribution in [1.29, 1.82) is 0 Å². The van der Waals surface area contributed by atoms with E-state index in [2.05, 4.69) is 46.2 Å². The molecule has 2 aromatic rings. The van der Waals surface area contributed by atoms with E-state index in [4.69, 9.17) is 14.5 Å². The van der Waals surface area contributed by atoms with Crippen molar-refractivity contribution in [3.8, 4) is 11.5 Å². The van der Waals surface area contributed by atoms with Gasteiger partial charge in [0.05, 0.1) is 6.21 Å². The lowest BCUT2D eigenvalue weighted by Crippen LogP contribution is -2.25. The van der Waals surface area contributed by atoms with E-state index in [0.717, 1.165) is 53.9 Å². The minimum Gasteiger partial charge on any atom is -0.454 e. The van der Waals surface area contributed by atoms with Crippen LogP contribution in [-0.4, -0.2) is 54.1 Å². The number of benzene rings is 1. The molecule has 0 saturated carbocycles. The lowest BCUT2D eigenvalue weighted by molar-refractivity contribution is 0.174. The number of hydrazone groups is 1. The van der Waals surface area contributed by atoms with Gasteiger partial charge in [-0.2, -0.15) is 20.1 Å². The van der Waals surface area contributed by atoms with Gasteiger partial charge < -0.3 is 19.3 Å². The molecule has 5 rings (SSSR count). The molecule has 152 valence electrons. The first-order valence-electron chi connectivity index (χ1n) is 9.90. The summed E-state index contributed by atoms with van der Waals surface area (Å²) in [7, 11) is 0. The Bertz CT molecular complexity index is 893. The number of hydrogen-bond acceptors (Lipinski definition) is 9. The fourth-order valence-corrected chi connectivity index (χ4v) is 4.14. The molecular formula is C19H22BrN7O2. The van der Waals surface area contributed by atoms with Crippen molar-refractivity contribution in [3.63, 3.8) is 0 Å². The summed E-state index contributed by atoms with van der Waals surface area (Å²) < 4.78 is 11.7. The van der Waals surface area contributed by atoms with Crippen LogP contribution in [0.3, 0.4) is 0 Å². The summed E-state index contributed by atoms with van der Waals surface area (Å²) in [5.41, 5.74) is 3.85. The van der Waals surface area contributed by atoms with E-state index in [9.17, 15) is 0 Å². The topological polar surface area (TPSA) is 88.0 Å². The van der Waals surface area contributed by atoms with E-state index >= 15 is 0 Å². The second-order valence-electron chi connectivity index (χ2n) is 7.24. The molecule has 1 aromatic heterocycles. The Morgan fingerprint density at radius 3 is 2.10 bits per heavy atom. The van der Waals surface area contributed by atoms with Gasteiger partial charge in [-0.15, -0.1) is 0 Å². The van der Waals surface area contributed by atoms with Crippen molar-refractivity contribution in [2.45, 2.75) is 25.7 Å². The summed E-state index contributed by atoms with van der Waals surface area (Å²) in [4.78, 5) is 18.3. The van der Waals surface area contributed by atoms with E-state index in [1.807, 2.05) is 12.1 Å². The normalized spacial score (nSPS) is 18.2. The Balaban J connectivity index is 1.38. The van der Waals surface area contributed by atoms with Gasteiger partial charge in [-0.3, -0.25) is 0 Å². The average Bonchev–Trinajstić information content (AvgIpc) is 3.49. The van der Waals surface area contributed by atoms with Gasteiger partial charge in [-0.05, 0) is 53.7 Å². The Hall–Kier alpha value is -2.62. The molecule has 29 heavy (non-hydrogen) atoms. The smallest absolute Gasteiger partial charge is 0.250 e. The molecule has 0 bridgehead atoms. The number of nitrogens with one attached hydrogen (secondary N) is 1. The monoisotopic (exact) mass is 459 g/mol. The minimum absolute atomic E-state index is 0.240. The predicted molar refractivity (Wildman–Crippen MR) is 114 cm³/mol. The van der Waals surface area contributed by atoms with E-state index in [1.54, 1.807) is 6.21 Å². The number of ether oxygens (including phenoxy) is 2. The number of halogens is 1. The molecule has 0 aliphatic carbocycles. The summed E-state index contributed by atoms with van der Waals surface area (Å²) in [5.74, 6) is 3.34. The Labute approximate surface area is 177 Å². The zero-order chi connectivity index (χ0) is 19.6. The maximum absolute atomic E-state index is 5.43. The van der Waals surface area contributed by atoms with E-state index in [-0.39, 0.29) is 6.79 Å². The van der Waals surface area contributed by atoms with Gasteiger partial charge in [0, 0.05) is 36.2 Å². The highest BCUT2D eigenvalue weighted by molar-refractivity contribution is 9.10. The summed E-state index contributed by atoms with van der Waals surface area (Å²) in [6, 6.07) is 3.76. The SMILES string of the molecule is Brc1cc2c(cc1C=NNc1nc(N3CCCC3)nc(N3CCCC3)n1)OCO2. The van der Waals surface area contributed by atoms with Crippen LogP contribution in [-0.2, 0) is 0 Å². The quantitative estimate of drug-likeness (QED) is 0.539. The summed E-state index contributed by atoms with van der Waals surface area (Å²) >= 11 is 3.54. The maximum Gasteiger partial charge on any atom is 0.250 e. The molecule has 2 saturated heterocycles. The van der Waals surface area contributed by atoms with Gasteiger partial charge in [0.1, 0.15) is 0 Å². The second-order valence-corrected chi connectivity index (χ2v) is 8.10. The Kier molecular flexibility index (Phi) is 5.09. The molecule has 10 heteroatoms. The molecule has 0 atom stereocenters. The van der Waals surface area contributed by atoms with Crippen molar-refractivity contribution in [2.75, 3.05) is 48.2 Å². The van der Waals surface area contributed by atoms with Crippen molar-refractivity contribution < 1.29 is 9.47 Å². The fraction of sp³-hybridized carbons (Fsp3) is 0.474. The van der Waals surface area contributed by atoms with Gasteiger partial charge in [0.2, 0.25) is 24.6 Å². The van der Waals surface area contributed by atoms with Gasteiger partial charge in [0.25, 0.3) is 0 Å². The van der Waals surface area contributed by atoms with Crippen LogP contribution in [0.4, 0.5) is 17.8 Å². The molecule has 2 fully saturated rings. The molecular weight excluding hydrogens is 438 g/mol. The number of fused-ring (bicyclic) bond motifs is 1. The number of aromatic nitrogens is 3. The molecule has 1 aromatic carbocycles. The fourth-order valence-electron chi connectivity index (χ4n) is 3.71. The van der Waals surface area contributed by atoms with Crippen LogP contribution in [0.2, 0.25) is 0 Å². The molecule has 4 heterocycles. The third-order valence-corrected chi connectivity index (χ3v) is 5.94. The molecule has 3 aliphatic heterocycles. The highest BCUT2D eigenvalue weighted by atomic mass is 79.9. The van der Waals surface area contributed by atoms with Crippen molar-refractivity contribution in [2.24, 2.45) is 5.10 Å². The van der Waals surface area contributed by atoms with Crippen LogP contribution < -0.4 is 24.7 Å². The first-order valence-corrected chi connectivity index (χ1v) is 10.7. The van der Waals surface area contributed by atoms with Gasteiger partial charge in [-0.25, -0.2) is 5.43 Å². The standard InChI is InChI=1S/C19H22BrN7O2/c20-14-10-16-15(28-12-29-16)9-13(14)11-21-25-17-22-18(26-5-1-2-6-26)24-19(23-17)27-7-3-4-8-27/h9-11H,1-8,12H2,(H,22,23,24,25). The van der Waals surface area contributed by atoms with Crippen LogP contribution in [0.25, 0.3) is 0 Å². The second kappa shape index (κ2) is 8.02. The molecule has 0 amide bonds. The van der Waals surface area contributed by atoms with Crippen molar-refractivity contribution in [1.82, 2.24) is 15.0 Å². The van der Waals surface area contributed by atoms with Crippen molar-refractivity contribution >= 4 is 40.0 Å². The van der Waals surface area contributed by atoms with Gasteiger partial charge in [0.15, 0.2) is 11.5 Å². The number of anilines is 3. The van der Waals surface area contributed by atoms with Gasteiger partial charge in [-0.1, -0.05) is 0 Å². The third kappa shape index (κ3) is 3.93. The first kappa shape index (κ1) is 18.4. The zero-order valence-corrected chi connectivity index (χ0v) is 17.6. The Morgan fingerprint density at radius 2 is 1.48 bits per heavy atom. The largest absolute Gasteiger partial charge is 0.454 e. The van der Waals surface area contributed by atoms with E-state index < -0.39 is 0 Å². The lowest BCUT2D eigenvalue weighted by Gasteiger charge is -2.20. The predicted octanol–water partition coefficient (Wildman–Crippen LogP) is 3.01. The van der Waals surface area contributed by atoms with E-state index in [0.29, 0.717) is 11.7 Å². The van der Waals surface area contributed by atoms with Crippen LogP contribution in [0.1, 0.15) is 31.2 Å². The molecule has 0 radical (unpaired) electrons. The number of rotatable bonds is 5. The van der Waals surface area contributed by atoms with Crippen LogP contribution in [0.15, 0.2) is 21.7 Å². The third-order valence-electron chi connectivity index (χ3n) is 5.25. The summed E-state index contributed by atoms with van der Waals surface area (Å²) in [6.07, 6.45) is 6.39. The summed E-state index contributed by atoms with van der Waals surface area (Å²) in [6.45, 7) is 4.17. The molecule has 3 aliphatic rings. The van der Waals surface area contributed by atoms with Crippen LogP contribution >= 0.6 is 15.9 Å². The van der Waals surface area contributed by atoms with Crippen molar-refractivity contribution in [3.05, 3.63) is 22.2 Å². The average molecular weight is 460 g/mol. The number of nitrogens with zero attached hydrogens (tertiary/aromatic N) is 6. The molecule has 9 nitrogen and oxygen atoms in total.